The average molecular weight is 421 g/mol. The molecule has 25 heavy (non-hydrogen) atoms. The van der Waals surface area contributed by atoms with Crippen molar-refractivity contribution in [3.05, 3.63) is 34.3 Å². The number of carbonyl (C=O) groups excluding carboxylic acids is 2. The maximum absolute atomic E-state index is 15.3. The second kappa shape index (κ2) is 7.76. The van der Waals surface area contributed by atoms with Gasteiger partial charge in [0.25, 0.3) is 12.2 Å². The summed E-state index contributed by atoms with van der Waals surface area (Å²) in [5.74, 6) is -4.55. The summed E-state index contributed by atoms with van der Waals surface area (Å²) in [7, 11) is 1.06. The molecule has 0 saturated carbocycles. The molecule has 0 radical (unpaired) electrons. The molecule has 1 aromatic carbocycles. The van der Waals surface area contributed by atoms with Crippen molar-refractivity contribution in [2.24, 2.45) is 5.92 Å². The summed E-state index contributed by atoms with van der Waals surface area (Å²) < 4.78 is 43.0. The lowest BCUT2D eigenvalue weighted by molar-refractivity contribution is -0.174. The Morgan fingerprint density at radius 2 is 1.76 bits per heavy atom. The summed E-state index contributed by atoms with van der Waals surface area (Å²) in [4.78, 5) is 26.0. The Morgan fingerprint density at radius 3 is 2.20 bits per heavy atom. The van der Waals surface area contributed by atoms with Gasteiger partial charge < -0.3 is 9.80 Å². The molecule has 1 unspecified atom stereocenters. The molecule has 2 amide bonds. The minimum atomic E-state index is -3.39. The van der Waals surface area contributed by atoms with Crippen LogP contribution in [0, 0.1) is 5.92 Å². The fourth-order valence-electron chi connectivity index (χ4n) is 3.03. The van der Waals surface area contributed by atoms with E-state index in [9.17, 15) is 18.4 Å². The molecule has 4 nitrogen and oxygen atoms in total. The largest absolute Gasteiger partial charge is 0.343 e. The van der Waals surface area contributed by atoms with Crippen LogP contribution < -0.4 is 0 Å². The predicted molar refractivity (Wildman–Crippen MR) is 90.7 cm³/mol. The van der Waals surface area contributed by atoms with Crippen LogP contribution in [0.3, 0.4) is 0 Å². The third-order valence-electron chi connectivity index (χ3n) is 4.65. The van der Waals surface area contributed by atoms with Crippen molar-refractivity contribution in [1.82, 2.24) is 9.80 Å². The number of benzene rings is 1. The zero-order valence-electron chi connectivity index (χ0n) is 14.0. The molecule has 0 aliphatic carbocycles. The van der Waals surface area contributed by atoms with Gasteiger partial charge in [0, 0.05) is 43.0 Å². The van der Waals surface area contributed by atoms with Crippen LogP contribution in [0.25, 0.3) is 0 Å². The molecule has 0 aromatic heterocycles. The van der Waals surface area contributed by atoms with Gasteiger partial charge in [0.1, 0.15) is 0 Å². The van der Waals surface area contributed by atoms with Crippen LogP contribution in [0.5, 0.6) is 0 Å². The molecule has 1 saturated heterocycles. The monoisotopic (exact) mass is 420 g/mol. The number of alkyl halides is 3. The van der Waals surface area contributed by atoms with Crippen LogP contribution in [0.2, 0.25) is 0 Å². The first kappa shape index (κ1) is 19.8. The summed E-state index contributed by atoms with van der Waals surface area (Å²) >= 11 is 3.17. The summed E-state index contributed by atoms with van der Waals surface area (Å²) in [5.41, 5.74) is -0.275. The van der Waals surface area contributed by atoms with Gasteiger partial charge >= 0.3 is 0 Å². The van der Waals surface area contributed by atoms with E-state index in [1.165, 1.54) is 31.2 Å². The van der Waals surface area contributed by atoms with Crippen molar-refractivity contribution in [3.8, 4) is 0 Å². The first-order valence-corrected chi connectivity index (χ1v) is 8.73. The fraction of sp³-hybridized carbons (Fsp3) is 0.529. The molecule has 1 aromatic rings. The van der Waals surface area contributed by atoms with Gasteiger partial charge in [-0.2, -0.15) is 0 Å². The van der Waals surface area contributed by atoms with Gasteiger partial charge in [-0.25, -0.2) is 13.2 Å². The third kappa shape index (κ3) is 3.99. The lowest BCUT2D eigenvalue weighted by atomic mass is 9.93. The molecule has 0 spiro atoms. The van der Waals surface area contributed by atoms with Gasteiger partial charge in [0.2, 0.25) is 11.8 Å². The number of halogens is 4. The third-order valence-corrected chi connectivity index (χ3v) is 5.18. The van der Waals surface area contributed by atoms with E-state index in [1.54, 1.807) is 4.90 Å². The predicted octanol–water partition coefficient (Wildman–Crippen LogP) is 3.55. The standard InChI is InChI=1S/C17H20BrF3N2O2/c1-11(24)23-9-7-12(8-10-23)15(25)22(2)17(21,16(19)20)13-3-5-14(18)6-4-13/h3-6,12,16H,7-10H2,1-2H3. The Morgan fingerprint density at radius 1 is 1.24 bits per heavy atom. The molecule has 0 N–H and O–H groups in total. The highest BCUT2D eigenvalue weighted by atomic mass is 79.9. The number of hydrogen-bond acceptors (Lipinski definition) is 2. The summed E-state index contributed by atoms with van der Waals surface area (Å²) in [6.45, 7) is 2.17. The Labute approximate surface area is 153 Å². The van der Waals surface area contributed by atoms with Crippen LogP contribution in [0.1, 0.15) is 25.3 Å². The summed E-state index contributed by atoms with van der Waals surface area (Å²) in [6, 6.07) is 5.38. The quantitative estimate of drug-likeness (QED) is 0.698. The van der Waals surface area contributed by atoms with Crippen LogP contribution in [0.15, 0.2) is 28.7 Å². The maximum Gasteiger partial charge on any atom is 0.294 e. The minimum Gasteiger partial charge on any atom is -0.343 e. The lowest BCUT2D eigenvalue weighted by Gasteiger charge is -2.38. The highest BCUT2D eigenvalue weighted by molar-refractivity contribution is 9.10. The van der Waals surface area contributed by atoms with Crippen molar-refractivity contribution in [2.75, 3.05) is 20.1 Å². The zero-order valence-corrected chi connectivity index (χ0v) is 15.6. The number of likely N-dealkylation sites (tertiary alicyclic amines) is 1. The average Bonchev–Trinajstić information content (AvgIpc) is 2.60. The highest BCUT2D eigenvalue weighted by Gasteiger charge is 2.49. The van der Waals surface area contributed by atoms with Gasteiger partial charge in [0.15, 0.2) is 0 Å². The van der Waals surface area contributed by atoms with Crippen LogP contribution >= 0.6 is 15.9 Å². The van der Waals surface area contributed by atoms with Gasteiger partial charge in [-0.1, -0.05) is 28.1 Å². The van der Waals surface area contributed by atoms with Gasteiger partial charge in [-0.05, 0) is 25.0 Å². The number of amides is 2. The molecule has 1 aliphatic heterocycles. The smallest absolute Gasteiger partial charge is 0.294 e. The second-order valence-corrected chi connectivity index (χ2v) is 7.07. The van der Waals surface area contributed by atoms with E-state index >= 15 is 4.39 Å². The van der Waals surface area contributed by atoms with Crippen LogP contribution in [-0.2, 0) is 15.4 Å². The molecule has 1 atom stereocenters. The number of hydrogen-bond donors (Lipinski definition) is 0. The first-order chi connectivity index (χ1) is 11.7. The Balaban J connectivity index is 2.20. The maximum atomic E-state index is 15.3. The highest BCUT2D eigenvalue weighted by Crippen LogP contribution is 2.38. The SMILES string of the molecule is CC(=O)N1CCC(C(=O)N(C)C(F)(c2ccc(Br)cc2)C(F)F)CC1. The Kier molecular flexibility index (Phi) is 6.13. The number of carbonyl (C=O) groups is 2. The number of piperidine rings is 1. The molecule has 1 aliphatic rings. The molecule has 138 valence electrons. The topological polar surface area (TPSA) is 40.6 Å². The zero-order chi connectivity index (χ0) is 18.8. The van der Waals surface area contributed by atoms with E-state index in [0.717, 1.165) is 7.05 Å². The van der Waals surface area contributed by atoms with E-state index in [4.69, 9.17) is 0 Å². The first-order valence-electron chi connectivity index (χ1n) is 7.94. The van der Waals surface area contributed by atoms with Gasteiger partial charge in [-0.3, -0.25) is 9.59 Å². The van der Waals surface area contributed by atoms with Crippen LogP contribution in [-0.4, -0.2) is 48.2 Å². The fourth-order valence-corrected chi connectivity index (χ4v) is 3.29. The number of nitrogens with zero attached hydrogens (tertiary/aromatic N) is 2. The number of rotatable bonds is 4. The molecule has 2 rings (SSSR count). The van der Waals surface area contributed by atoms with E-state index in [0.29, 0.717) is 35.3 Å². The molecule has 0 bridgehead atoms. The lowest BCUT2D eigenvalue weighted by Crippen LogP contribution is -2.52. The molecule has 1 heterocycles. The molecular formula is C17H20BrF3N2O2. The van der Waals surface area contributed by atoms with Gasteiger partial charge in [0.05, 0.1) is 0 Å². The molecule has 8 heteroatoms. The summed E-state index contributed by atoms with van der Waals surface area (Å²) in [6.07, 6.45) is -2.72. The van der Waals surface area contributed by atoms with Crippen molar-refractivity contribution in [2.45, 2.75) is 32.0 Å². The Bertz CT molecular complexity index is 633. The van der Waals surface area contributed by atoms with Crippen molar-refractivity contribution in [1.29, 1.82) is 0 Å². The van der Waals surface area contributed by atoms with E-state index in [1.807, 2.05) is 0 Å². The van der Waals surface area contributed by atoms with Crippen LogP contribution in [0.4, 0.5) is 13.2 Å². The minimum absolute atomic E-state index is 0.0958. The van der Waals surface area contributed by atoms with Crippen molar-refractivity contribution >= 4 is 27.7 Å². The molecule has 1 fully saturated rings. The molecular weight excluding hydrogens is 401 g/mol. The van der Waals surface area contributed by atoms with E-state index < -0.39 is 24.0 Å². The van der Waals surface area contributed by atoms with E-state index in [2.05, 4.69) is 15.9 Å². The van der Waals surface area contributed by atoms with Crippen molar-refractivity contribution in [3.63, 3.8) is 0 Å². The summed E-state index contributed by atoms with van der Waals surface area (Å²) in [5, 5.41) is 0. The van der Waals surface area contributed by atoms with E-state index in [-0.39, 0.29) is 11.5 Å². The Hall–Kier alpha value is -1.57. The van der Waals surface area contributed by atoms with Crippen molar-refractivity contribution < 1.29 is 22.8 Å². The second-order valence-electron chi connectivity index (χ2n) is 6.16. The van der Waals surface area contributed by atoms with Gasteiger partial charge in [-0.15, -0.1) is 0 Å². The normalized spacial score (nSPS) is 18.1.